The second-order valence-electron chi connectivity index (χ2n) is 5.63. The smallest absolute Gasteiger partial charge is 0.146 e. The van der Waals surface area contributed by atoms with Crippen LogP contribution in [0.1, 0.15) is 44.9 Å². The highest BCUT2D eigenvalue weighted by Crippen LogP contribution is 2.69. The van der Waals surface area contributed by atoms with Crippen molar-refractivity contribution in [3.8, 4) is 0 Å². The van der Waals surface area contributed by atoms with Crippen LogP contribution in [0.3, 0.4) is 0 Å². The molecule has 3 atom stereocenters. The molecular formula is C13H20O3. The molecule has 3 rings (SSSR count). The predicted octanol–water partition coefficient (Wildman–Crippen LogP) is 2.29. The highest BCUT2D eigenvalue weighted by molar-refractivity contribution is 5.90. The van der Waals surface area contributed by atoms with Crippen LogP contribution in [0.25, 0.3) is 0 Å². The van der Waals surface area contributed by atoms with E-state index in [0.29, 0.717) is 18.0 Å². The van der Waals surface area contributed by atoms with Crippen LogP contribution in [-0.2, 0) is 14.3 Å². The van der Waals surface area contributed by atoms with Gasteiger partial charge in [-0.25, -0.2) is 0 Å². The molecule has 0 radical (unpaired) electrons. The first-order chi connectivity index (χ1) is 7.75. The monoisotopic (exact) mass is 224 g/mol. The maximum Gasteiger partial charge on any atom is 0.146 e. The summed E-state index contributed by atoms with van der Waals surface area (Å²) >= 11 is 0. The maximum atomic E-state index is 12.3. The molecule has 0 amide bonds. The average molecular weight is 224 g/mol. The first-order valence-corrected chi connectivity index (χ1v) is 6.39. The third kappa shape index (κ3) is 1.08. The molecule has 0 spiro atoms. The lowest BCUT2D eigenvalue weighted by Gasteiger charge is -2.36. The van der Waals surface area contributed by atoms with Crippen LogP contribution in [-0.4, -0.2) is 25.8 Å². The Labute approximate surface area is 96.5 Å². The fraction of sp³-hybridized carbons (Fsp3) is 0.923. The largest absolute Gasteiger partial charge is 0.359 e. The lowest BCUT2D eigenvalue weighted by Crippen LogP contribution is -2.42. The fourth-order valence-electron chi connectivity index (χ4n) is 4.74. The summed E-state index contributed by atoms with van der Waals surface area (Å²) in [6.45, 7) is 0.329. The van der Waals surface area contributed by atoms with Crippen molar-refractivity contribution < 1.29 is 14.3 Å². The van der Waals surface area contributed by atoms with Gasteiger partial charge < -0.3 is 9.47 Å². The summed E-state index contributed by atoms with van der Waals surface area (Å²) in [5.41, 5.74) is 0.189. The summed E-state index contributed by atoms with van der Waals surface area (Å²) in [4.78, 5) is 12.3. The highest BCUT2D eigenvalue weighted by atomic mass is 16.7. The van der Waals surface area contributed by atoms with Crippen molar-refractivity contribution in [2.45, 2.75) is 51.0 Å². The number of ether oxygens (including phenoxy) is 2. The van der Waals surface area contributed by atoms with E-state index in [0.717, 1.165) is 25.7 Å². The summed E-state index contributed by atoms with van der Waals surface area (Å²) in [5.74, 6) is 0.476. The van der Waals surface area contributed by atoms with Crippen LogP contribution < -0.4 is 0 Å². The van der Waals surface area contributed by atoms with Crippen molar-refractivity contribution in [2.24, 2.45) is 10.8 Å². The van der Waals surface area contributed by atoms with E-state index >= 15 is 0 Å². The minimum absolute atomic E-state index is 0.120. The predicted molar refractivity (Wildman–Crippen MR) is 58.9 cm³/mol. The van der Waals surface area contributed by atoms with Crippen LogP contribution in [0.5, 0.6) is 0 Å². The van der Waals surface area contributed by atoms with Crippen molar-refractivity contribution in [2.75, 3.05) is 13.9 Å². The maximum absolute atomic E-state index is 12.3. The average Bonchev–Trinajstić information content (AvgIpc) is 2.85. The Morgan fingerprint density at radius 2 is 2.19 bits per heavy atom. The minimum atomic E-state index is -0.120. The second-order valence-corrected chi connectivity index (χ2v) is 5.63. The molecule has 0 aromatic carbocycles. The Morgan fingerprint density at radius 3 is 3.00 bits per heavy atom. The molecular weight excluding hydrogens is 204 g/mol. The van der Waals surface area contributed by atoms with Gasteiger partial charge in [0.2, 0.25) is 0 Å². The third-order valence-corrected chi connectivity index (χ3v) is 5.32. The number of ketones is 1. The van der Waals surface area contributed by atoms with Crippen molar-refractivity contribution in [1.82, 2.24) is 0 Å². The SMILES string of the molecule is COCO[C@H]1CC[C@@]23CCC[C@@]12C(=O)CC3. The van der Waals surface area contributed by atoms with Gasteiger partial charge in [0.15, 0.2) is 0 Å². The normalized spacial score (nSPS) is 46.1. The van der Waals surface area contributed by atoms with E-state index in [4.69, 9.17) is 9.47 Å². The number of carbonyl (C=O) groups excluding carboxylic acids is 1. The van der Waals surface area contributed by atoms with E-state index in [1.54, 1.807) is 7.11 Å². The lowest BCUT2D eigenvalue weighted by molar-refractivity contribution is -0.147. The molecule has 3 heteroatoms. The van der Waals surface area contributed by atoms with Gasteiger partial charge in [-0.1, -0.05) is 6.42 Å². The molecule has 16 heavy (non-hydrogen) atoms. The highest BCUT2D eigenvalue weighted by Gasteiger charge is 2.69. The van der Waals surface area contributed by atoms with Crippen LogP contribution in [0.15, 0.2) is 0 Å². The molecule has 3 aliphatic rings. The number of hydrogen-bond donors (Lipinski definition) is 0. The summed E-state index contributed by atoms with van der Waals surface area (Å²) in [6.07, 6.45) is 7.77. The zero-order valence-corrected chi connectivity index (χ0v) is 9.96. The molecule has 0 aromatic heterocycles. The van der Waals surface area contributed by atoms with Crippen LogP contribution >= 0.6 is 0 Å². The fourth-order valence-corrected chi connectivity index (χ4v) is 4.74. The molecule has 0 unspecified atom stereocenters. The number of Topliss-reactive ketones (excluding diaryl/α,β-unsaturated/α-hetero) is 1. The Hall–Kier alpha value is -0.410. The van der Waals surface area contributed by atoms with E-state index in [9.17, 15) is 4.79 Å². The Kier molecular flexibility index (Phi) is 2.37. The lowest BCUT2D eigenvalue weighted by atomic mass is 9.69. The molecule has 3 fully saturated rings. The van der Waals surface area contributed by atoms with Gasteiger partial charge in [-0.3, -0.25) is 4.79 Å². The summed E-state index contributed by atoms with van der Waals surface area (Å²) < 4.78 is 10.8. The van der Waals surface area contributed by atoms with Gasteiger partial charge in [-0.2, -0.15) is 0 Å². The first-order valence-electron chi connectivity index (χ1n) is 6.39. The topological polar surface area (TPSA) is 35.5 Å². The van der Waals surface area contributed by atoms with E-state index in [-0.39, 0.29) is 11.5 Å². The number of rotatable bonds is 3. The number of methoxy groups -OCH3 is 1. The molecule has 0 saturated heterocycles. The van der Waals surface area contributed by atoms with Gasteiger partial charge in [0.25, 0.3) is 0 Å². The van der Waals surface area contributed by atoms with Crippen molar-refractivity contribution in [1.29, 1.82) is 0 Å². The Bertz CT molecular complexity index is 314. The summed E-state index contributed by atoms with van der Waals surface area (Å²) in [6, 6.07) is 0. The van der Waals surface area contributed by atoms with Crippen molar-refractivity contribution >= 4 is 5.78 Å². The van der Waals surface area contributed by atoms with Gasteiger partial charge >= 0.3 is 0 Å². The quantitative estimate of drug-likeness (QED) is 0.690. The van der Waals surface area contributed by atoms with Gasteiger partial charge in [0.05, 0.1) is 11.5 Å². The van der Waals surface area contributed by atoms with Crippen LogP contribution in [0, 0.1) is 10.8 Å². The van der Waals surface area contributed by atoms with Gasteiger partial charge in [0.1, 0.15) is 12.6 Å². The molecule has 90 valence electrons. The van der Waals surface area contributed by atoms with Gasteiger partial charge in [0, 0.05) is 13.5 Å². The van der Waals surface area contributed by atoms with Crippen LogP contribution in [0.4, 0.5) is 0 Å². The number of hydrogen-bond acceptors (Lipinski definition) is 3. The third-order valence-electron chi connectivity index (χ3n) is 5.32. The van der Waals surface area contributed by atoms with Gasteiger partial charge in [-0.15, -0.1) is 0 Å². The van der Waals surface area contributed by atoms with E-state index in [1.165, 1.54) is 19.3 Å². The number of carbonyl (C=O) groups is 1. The molecule has 3 nitrogen and oxygen atoms in total. The zero-order valence-electron chi connectivity index (χ0n) is 9.96. The Morgan fingerprint density at radius 1 is 1.31 bits per heavy atom. The molecule has 0 N–H and O–H groups in total. The molecule has 0 aliphatic heterocycles. The van der Waals surface area contributed by atoms with E-state index < -0.39 is 0 Å². The van der Waals surface area contributed by atoms with E-state index in [2.05, 4.69) is 0 Å². The Balaban J connectivity index is 1.91. The molecule has 0 heterocycles. The second kappa shape index (κ2) is 3.54. The summed E-state index contributed by atoms with van der Waals surface area (Å²) in [5, 5.41) is 0. The molecule has 0 aromatic rings. The minimum Gasteiger partial charge on any atom is -0.359 e. The molecule has 0 bridgehead atoms. The van der Waals surface area contributed by atoms with Crippen molar-refractivity contribution in [3.63, 3.8) is 0 Å². The first kappa shape index (κ1) is 10.7. The summed E-state index contributed by atoms with van der Waals surface area (Å²) in [7, 11) is 1.64. The van der Waals surface area contributed by atoms with Crippen molar-refractivity contribution in [3.05, 3.63) is 0 Å². The molecule has 3 saturated carbocycles. The zero-order chi connectivity index (χ0) is 11.2. The van der Waals surface area contributed by atoms with E-state index in [1.807, 2.05) is 0 Å². The standard InChI is InChI=1S/C13H20O3/c1-15-9-16-11-4-8-12-5-2-6-13(11,12)10(14)3-7-12/h11H,2-9H2,1H3/t11-,12-,13+/m0/s1. The molecule has 3 aliphatic carbocycles. The van der Waals surface area contributed by atoms with Gasteiger partial charge in [-0.05, 0) is 37.5 Å². The van der Waals surface area contributed by atoms with Crippen LogP contribution in [0.2, 0.25) is 0 Å².